The van der Waals surface area contributed by atoms with Gasteiger partial charge in [-0.3, -0.25) is 4.79 Å². The Morgan fingerprint density at radius 3 is 2.79 bits per heavy atom. The molecule has 0 saturated carbocycles. The minimum atomic E-state index is -0.279. The van der Waals surface area contributed by atoms with Crippen LogP contribution in [0.4, 0.5) is 5.69 Å². The Morgan fingerprint density at radius 1 is 1.36 bits per heavy atom. The van der Waals surface area contributed by atoms with Crippen molar-refractivity contribution in [2.24, 2.45) is 5.41 Å². The zero-order valence-corrected chi connectivity index (χ0v) is 8.85. The lowest BCUT2D eigenvalue weighted by molar-refractivity contribution is -0.124. The van der Waals surface area contributed by atoms with Gasteiger partial charge in [0.05, 0.1) is 0 Å². The maximum absolute atomic E-state index is 11.7. The molecular formula is C12H15NO. The van der Waals surface area contributed by atoms with E-state index in [0.717, 1.165) is 12.1 Å². The van der Waals surface area contributed by atoms with Gasteiger partial charge >= 0.3 is 0 Å². The molecular weight excluding hydrogens is 174 g/mol. The fourth-order valence-electron chi connectivity index (χ4n) is 1.87. The lowest BCUT2D eigenvalue weighted by atomic mass is 9.80. The number of rotatable bonds is 0. The first-order chi connectivity index (χ1) is 6.50. The molecule has 2 nitrogen and oxygen atoms in total. The summed E-state index contributed by atoms with van der Waals surface area (Å²) in [7, 11) is 0. The van der Waals surface area contributed by atoms with Crippen molar-refractivity contribution >= 4 is 11.6 Å². The summed E-state index contributed by atoms with van der Waals surface area (Å²) in [6, 6.07) is 6.04. The van der Waals surface area contributed by atoms with E-state index < -0.39 is 0 Å². The summed E-state index contributed by atoms with van der Waals surface area (Å²) in [5.74, 6) is 0.121. The summed E-state index contributed by atoms with van der Waals surface area (Å²) in [6.45, 7) is 6.06. The number of fused-ring (bicyclic) bond motifs is 1. The number of amides is 1. The highest BCUT2D eigenvalue weighted by Crippen LogP contribution is 2.34. The summed E-state index contributed by atoms with van der Waals surface area (Å²) in [6.07, 6.45) is 0.834. The second-order valence-corrected chi connectivity index (χ2v) is 4.62. The fourth-order valence-corrected chi connectivity index (χ4v) is 1.87. The highest BCUT2D eigenvalue weighted by molar-refractivity contribution is 5.98. The second-order valence-electron chi connectivity index (χ2n) is 4.62. The van der Waals surface area contributed by atoms with Gasteiger partial charge in [-0.2, -0.15) is 0 Å². The predicted octanol–water partition coefficient (Wildman–Crippen LogP) is 2.52. The van der Waals surface area contributed by atoms with Gasteiger partial charge in [0.1, 0.15) is 0 Å². The molecule has 1 aliphatic heterocycles. The average molecular weight is 189 g/mol. The Morgan fingerprint density at radius 2 is 2.07 bits per heavy atom. The number of carbonyl (C=O) groups is 1. The number of hydrogen-bond acceptors (Lipinski definition) is 1. The molecule has 0 fully saturated rings. The Bertz CT molecular complexity index is 393. The molecule has 0 unspecified atom stereocenters. The van der Waals surface area contributed by atoms with Crippen molar-refractivity contribution in [3.8, 4) is 0 Å². The van der Waals surface area contributed by atoms with Crippen LogP contribution in [0.3, 0.4) is 0 Å². The minimum Gasteiger partial charge on any atom is -0.325 e. The maximum atomic E-state index is 11.7. The molecule has 1 aromatic carbocycles. The quantitative estimate of drug-likeness (QED) is 0.667. The monoisotopic (exact) mass is 189 g/mol. The van der Waals surface area contributed by atoms with E-state index in [1.807, 2.05) is 26.0 Å². The molecule has 0 saturated heterocycles. The molecule has 0 spiro atoms. The van der Waals surface area contributed by atoms with Crippen LogP contribution >= 0.6 is 0 Å². The smallest absolute Gasteiger partial charge is 0.230 e. The van der Waals surface area contributed by atoms with E-state index >= 15 is 0 Å². The molecule has 1 heterocycles. The van der Waals surface area contributed by atoms with Gasteiger partial charge in [-0.1, -0.05) is 26.0 Å². The third-order valence-corrected chi connectivity index (χ3v) is 2.89. The molecule has 0 bridgehead atoms. The first-order valence-corrected chi connectivity index (χ1v) is 4.91. The van der Waals surface area contributed by atoms with Crippen LogP contribution in [-0.2, 0) is 11.2 Å². The molecule has 14 heavy (non-hydrogen) atoms. The number of anilines is 1. The van der Waals surface area contributed by atoms with Gasteiger partial charge in [-0.05, 0) is 30.5 Å². The zero-order chi connectivity index (χ0) is 10.3. The van der Waals surface area contributed by atoms with Crippen molar-refractivity contribution in [3.63, 3.8) is 0 Å². The molecule has 0 aromatic heterocycles. The van der Waals surface area contributed by atoms with Gasteiger partial charge in [0, 0.05) is 11.1 Å². The second kappa shape index (κ2) is 2.84. The highest BCUT2D eigenvalue weighted by atomic mass is 16.2. The molecule has 2 heteroatoms. The van der Waals surface area contributed by atoms with E-state index in [0.29, 0.717) is 0 Å². The number of hydrogen-bond donors (Lipinski definition) is 1. The SMILES string of the molecule is Cc1cccc2c1CC(C)(C)C(=O)N2. The summed E-state index contributed by atoms with van der Waals surface area (Å²) >= 11 is 0. The van der Waals surface area contributed by atoms with Gasteiger partial charge < -0.3 is 5.32 Å². The van der Waals surface area contributed by atoms with E-state index in [4.69, 9.17) is 0 Å². The lowest BCUT2D eigenvalue weighted by Crippen LogP contribution is -2.37. The molecule has 1 aromatic rings. The highest BCUT2D eigenvalue weighted by Gasteiger charge is 2.33. The van der Waals surface area contributed by atoms with Crippen LogP contribution in [0, 0.1) is 12.3 Å². The van der Waals surface area contributed by atoms with E-state index in [-0.39, 0.29) is 11.3 Å². The fraction of sp³-hybridized carbons (Fsp3) is 0.417. The summed E-state index contributed by atoms with van der Waals surface area (Å²) < 4.78 is 0. The standard InChI is InChI=1S/C12H15NO/c1-8-5-4-6-10-9(8)7-12(2,3)11(14)13-10/h4-6H,7H2,1-3H3,(H,13,14). The molecule has 0 aliphatic carbocycles. The third kappa shape index (κ3) is 1.31. The van der Waals surface area contributed by atoms with Gasteiger partial charge in [-0.25, -0.2) is 0 Å². The molecule has 1 amide bonds. The van der Waals surface area contributed by atoms with Gasteiger partial charge in [0.15, 0.2) is 0 Å². The van der Waals surface area contributed by atoms with Crippen molar-refractivity contribution < 1.29 is 4.79 Å². The Balaban J connectivity index is 2.51. The first-order valence-electron chi connectivity index (χ1n) is 4.91. The maximum Gasteiger partial charge on any atom is 0.230 e. The summed E-state index contributed by atoms with van der Waals surface area (Å²) in [5.41, 5.74) is 3.24. The topological polar surface area (TPSA) is 29.1 Å². The molecule has 1 N–H and O–H groups in total. The largest absolute Gasteiger partial charge is 0.325 e. The van der Waals surface area contributed by atoms with Gasteiger partial charge in [0.25, 0.3) is 0 Å². The van der Waals surface area contributed by atoms with Crippen LogP contribution in [-0.4, -0.2) is 5.91 Å². The Hall–Kier alpha value is -1.31. The molecule has 0 radical (unpaired) electrons. The van der Waals surface area contributed by atoms with E-state index in [1.165, 1.54) is 11.1 Å². The van der Waals surface area contributed by atoms with Crippen molar-refractivity contribution in [1.29, 1.82) is 0 Å². The lowest BCUT2D eigenvalue weighted by Gasteiger charge is -2.31. The van der Waals surface area contributed by atoms with E-state index in [9.17, 15) is 4.79 Å². The molecule has 2 rings (SSSR count). The predicted molar refractivity (Wildman–Crippen MR) is 57.3 cm³/mol. The zero-order valence-electron chi connectivity index (χ0n) is 8.85. The number of benzene rings is 1. The van der Waals surface area contributed by atoms with Crippen LogP contribution < -0.4 is 5.32 Å². The van der Waals surface area contributed by atoms with Crippen LogP contribution in [0.15, 0.2) is 18.2 Å². The first kappa shape index (κ1) is 9.25. The van der Waals surface area contributed by atoms with Crippen molar-refractivity contribution in [3.05, 3.63) is 29.3 Å². The Kier molecular flexibility index (Phi) is 1.88. The van der Waals surface area contributed by atoms with Gasteiger partial charge in [-0.15, -0.1) is 0 Å². The van der Waals surface area contributed by atoms with Crippen molar-refractivity contribution in [1.82, 2.24) is 0 Å². The molecule has 0 atom stereocenters. The third-order valence-electron chi connectivity index (χ3n) is 2.89. The van der Waals surface area contributed by atoms with Crippen LogP contribution in [0.5, 0.6) is 0 Å². The van der Waals surface area contributed by atoms with Gasteiger partial charge in [0.2, 0.25) is 5.91 Å². The van der Waals surface area contributed by atoms with E-state index in [1.54, 1.807) is 0 Å². The van der Waals surface area contributed by atoms with Crippen LogP contribution in [0.1, 0.15) is 25.0 Å². The van der Waals surface area contributed by atoms with Crippen LogP contribution in [0.2, 0.25) is 0 Å². The number of carbonyl (C=O) groups excluding carboxylic acids is 1. The number of aryl methyl sites for hydroxylation is 1. The molecule has 1 aliphatic rings. The average Bonchev–Trinajstić information content (AvgIpc) is 2.09. The van der Waals surface area contributed by atoms with Crippen molar-refractivity contribution in [2.75, 3.05) is 5.32 Å². The van der Waals surface area contributed by atoms with E-state index in [2.05, 4.69) is 18.3 Å². The normalized spacial score (nSPS) is 18.6. The van der Waals surface area contributed by atoms with Crippen LogP contribution in [0.25, 0.3) is 0 Å². The summed E-state index contributed by atoms with van der Waals surface area (Å²) in [5, 5.41) is 2.95. The minimum absolute atomic E-state index is 0.121. The Labute approximate surface area is 84.3 Å². The summed E-state index contributed by atoms with van der Waals surface area (Å²) in [4.78, 5) is 11.7. The molecule has 74 valence electrons. The number of nitrogens with one attached hydrogen (secondary N) is 1. The van der Waals surface area contributed by atoms with Crippen molar-refractivity contribution in [2.45, 2.75) is 27.2 Å².